The maximum absolute atomic E-state index is 13.4. The molecule has 0 saturated heterocycles. The van der Waals surface area contributed by atoms with Gasteiger partial charge in [-0.1, -0.05) is 42.7 Å². The van der Waals surface area contributed by atoms with Crippen LogP contribution < -0.4 is 10.1 Å². The smallest absolute Gasteiger partial charge is 0.341 e. The molecule has 0 aliphatic heterocycles. The average molecular weight is 381 g/mol. The van der Waals surface area contributed by atoms with Crippen molar-refractivity contribution in [2.24, 2.45) is 0 Å². The summed E-state index contributed by atoms with van der Waals surface area (Å²) in [5.74, 6) is -0.0778. The van der Waals surface area contributed by atoms with Gasteiger partial charge in [0.2, 0.25) is 5.91 Å². The highest BCUT2D eigenvalue weighted by Crippen LogP contribution is 2.42. The van der Waals surface area contributed by atoms with Crippen molar-refractivity contribution in [1.29, 1.82) is 0 Å². The third kappa shape index (κ3) is 3.88. The van der Waals surface area contributed by atoms with E-state index >= 15 is 0 Å². The summed E-state index contributed by atoms with van der Waals surface area (Å²) < 4.78 is 10.4. The molecule has 0 heterocycles. The maximum Gasteiger partial charge on any atom is 0.341 e. The number of carbonyl (C=O) groups is 2. The number of nitrogens with one attached hydrogen (secondary N) is 1. The van der Waals surface area contributed by atoms with Crippen molar-refractivity contribution in [1.82, 2.24) is 0 Å². The summed E-state index contributed by atoms with van der Waals surface area (Å²) in [5.41, 5.74) is 2.54. The Labute approximate surface area is 166 Å². The summed E-state index contributed by atoms with van der Waals surface area (Å²) >= 11 is 0. The van der Waals surface area contributed by atoms with Crippen LogP contribution in [0.3, 0.4) is 0 Å². The number of anilines is 1. The van der Waals surface area contributed by atoms with Crippen molar-refractivity contribution >= 4 is 17.6 Å². The van der Waals surface area contributed by atoms with E-state index in [1.54, 1.807) is 18.2 Å². The van der Waals surface area contributed by atoms with E-state index in [1.165, 1.54) is 7.11 Å². The predicted molar refractivity (Wildman–Crippen MR) is 109 cm³/mol. The summed E-state index contributed by atoms with van der Waals surface area (Å²) in [6.07, 6.45) is 3.70. The predicted octanol–water partition coefficient (Wildman–Crippen LogP) is 4.63. The van der Waals surface area contributed by atoms with E-state index in [1.807, 2.05) is 32.0 Å². The molecule has 0 unspecified atom stereocenters. The normalized spacial score (nSPS) is 15.1. The fourth-order valence-corrected chi connectivity index (χ4v) is 3.98. The third-order valence-electron chi connectivity index (χ3n) is 5.40. The third-order valence-corrected chi connectivity index (χ3v) is 5.40. The SMILES string of the molecule is CCOc1ccc(NC(=O)C2(c3cccc(C)c3)CCCC2)cc1C(=O)OC. The molecule has 0 atom stereocenters. The second kappa shape index (κ2) is 8.46. The molecule has 1 saturated carbocycles. The first kappa shape index (κ1) is 19.9. The van der Waals surface area contributed by atoms with Gasteiger partial charge in [-0.25, -0.2) is 4.79 Å². The summed E-state index contributed by atoms with van der Waals surface area (Å²) in [6, 6.07) is 13.3. The van der Waals surface area contributed by atoms with E-state index in [0.29, 0.717) is 23.6 Å². The van der Waals surface area contributed by atoms with Crippen molar-refractivity contribution in [2.75, 3.05) is 19.0 Å². The molecule has 1 fully saturated rings. The van der Waals surface area contributed by atoms with Crippen molar-refractivity contribution < 1.29 is 19.1 Å². The Hall–Kier alpha value is -2.82. The molecule has 1 N–H and O–H groups in total. The van der Waals surface area contributed by atoms with Crippen LogP contribution in [-0.4, -0.2) is 25.6 Å². The Kier molecular flexibility index (Phi) is 6.02. The van der Waals surface area contributed by atoms with Crippen LogP contribution in [0.15, 0.2) is 42.5 Å². The highest BCUT2D eigenvalue weighted by atomic mass is 16.5. The largest absolute Gasteiger partial charge is 0.493 e. The van der Waals surface area contributed by atoms with E-state index in [-0.39, 0.29) is 5.91 Å². The van der Waals surface area contributed by atoms with Crippen molar-refractivity contribution in [2.45, 2.75) is 44.9 Å². The summed E-state index contributed by atoms with van der Waals surface area (Å²) in [6.45, 7) is 4.33. The molecule has 2 aromatic carbocycles. The number of aryl methyl sites for hydroxylation is 1. The molecule has 148 valence electrons. The first-order chi connectivity index (χ1) is 13.5. The molecule has 0 spiro atoms. The zero-order chi connectivity index (χ0) is 20.1. The molecule has 5 nitrogen and oxygen atoms in total. The lowest BCUT2D eigenvalue weighted by Gasteiger charge is -2.29. The Morgan fingerprint density at radius 1 is 1.11 bits per heavy atom. The van der Waals surface area contributed by atoms with Gasteiger partial charge in [0.1, 0.15) is 11.3 Å². The standard InChI is InChI=1S/C23H27NO4/c1-4-28-20-11-10-18(15-19(20)21(25)27-3)24-22(26)23(12-5-6-13-23)17-9-7-8-16(2)14-17/h7-11,14-15H,4-6,12-13H2,1-3H3,(H,24,26). The van der Waals surface area contributed by atoms with Gasteiger partial charge < -0.3 is 14.8 Å². The fourth-order valence-electron chi connectivity index (χ4n) is 3.98. The summed E-state index contributed by atoms with van der Waals surface area (Å²) in [4.78, 5) is 25.5. The molecule has 1 aliphatic rings. The number of hydrogen-bond donors (Lipinski definition) is 1. The molecule has 2 aromatic rings. The van der Waals surface area contributed by atoms with E-state index in [4.69, 9.17) is 9.47 Å². The molecule has 0 aromatic heterocycles. The first-order valence-corrected chi connectivity index (χ1v) is 9.74. The Morgan fingerprint density at radius 3 is 2.50 bits per heavy atom. The lowest BCUT2D eigenvalue weighted by molar-refractivity contribution is -0.121. The van der Waals surface area contributed by atoms with Gasteiger partial charge in [-0.05, 0) is 50.5 Å². The minimum atomic E-state index is -0.532. The minimum absolute atomic E-state index is 0.0319. The lowest BCUT2D eigenvalue weighted by Crippen LogP contribution is -2.38. The molecule has 0 radical (unpaired) electrons. The minimum Gasteiger partial charge on any atom is -0.493 e. The Bertz CT molecular complexity index is 869. The zero-order valence-corrected chi connectivity index (χ0v) is 16.7. The highest BCUT2D eigenvalue weighted by Gasteiger charge is 2.42. The van der Waals surface area contributed by atoms with Crippen molar-refractivity contribution in [3.63, 3.8) is 0 Å². The molecular formula is C23H27NO4. The maximum atomic E-state index is 13.4. The van der Waals surface area contributed by atoms with Crippen LogP contribution in [0.1, 0.15) is 54.1 Å². The molecule has 1 aliphatic carbocycles. The number of ether oxygens (including phenoxy) is 2. The number of methoxy groups -OCH3 is 1. The second-order valence-electron chi connectivity index (χ2n) is 7.25. The summed E-state index contributed by atoms with van der Waals surface area (Å²) in [5, 5.41) is 3.03. The number of hydrogen-bond acceptors (Lipinski definition) is 4. The van der Waals surface area contributed by atoms with Crippen LogP contribution in [0, 0.1) is 6.92 Å². The fraction of sp³-hybridized carbons (Fsp3) is 0.391. The van der Waals surface area contributed by atoms with Crippen molar-refractivity contribution in [3.8, 4) is 5.75 Å². The van der Waals surface area contributed by atoms with Crippen LogP contribution in [0.25, 0.3) is 0 Å². The monoisotopic (exact) mass is 381 g/mol. The van der Waals surface area contributed by atoms with Gasteiger partial charge in [0.25, 0.3) is 0 Å². The number of amides is 1. The zero-order valence-electron chi connectivity index (χ0n) is 16.7. The van der Waals surface area contributed by atoms with Gasteiger partial charge in [0.15, 0.2) is 0 Å². The van der Waals surface area contributed by atoms with Gasteiger partial charge in [-0.2, -0.15) is 0 Å². The topological polar surface area (TPSA) is 64.6 Å². The van der Waals surface area contributed by atoms with Gasteiger partial charge in [0, 0.05) is 5.69 Å². The molecule has 5 heteroatoms. The van der Waals surface area contributed by atoms with Crippen LogP contribution in [0.2, 0.25) is 0 Å². The van der Waals surface area contributed by atoms with E-state index in [2.05, 4.69) is 11.4 Å². The van der Waals surface area contributed by atoms with Gasteiger partial charge in [0.05, 0.1) is 19.1 Å². The van der Waals surface area contributed by atoms with Gasteiger partial charge >= 0.3 is 5.97 Å². The van der Waals surface area contributed by atoms with Gasteiger partial charge in [-0.15, -0.1) is 0 Å². The first-order valence-electron chi connectivity index (χ1n) is 9.74. The van der Waals surface area contributed by atoms with E-state index in [9.17, 15) is 9.59 Å². The molecule has 28 heavy (non-hydrogen) atoms. The van der Waals surface area contributed by atoms with Crippen LogP contribution in [0.5, 0.6) is 5.75 Å². The van der Waals surface area contributed by atoms with Crippen LogP contribution in [-0.2, 0) is 14.9 Å². The number of rotatable bonds is 6. The molecule has 3 rings (SSSR count). The van der Waals surface area contributed by atoms with Gasteiger partial charge in [-0.3, -0.25) is 4.79 Å². The van der Waals surface area contributed by atoms with E-state index < -0.39 is 11.4 Å². The van der Waals surface area contributed by atoms with Crippen LogP contribution in [0.4, 0.5) is 5.69 Å². The highest BCUT2D eigenvalue weighted by molar-refractivity contribution is 6.01. The van der Waals surface area contributed by atoms with Crippen molar-refractivity contribution in [3.05, 3.63) is 59.2 Å². The molecular weight excluding hydrogens is 354 g/mol. The average Bonchev–Trinajstić information content (AvgIpc) is 3.20. The number of carbonyl (C=O) groups excluding carboxylic acids is 2. The molecule has 0 bridgehead atoms. The Morgan fingerprint density at radius 2 is 1.86 bits per heavy atom. The number of esters is 1. The second-order valence-corrected chi connectivity index (χ2v) is 7.25. The van der Waals surface area contributed by atoms with Crippen LogP contribution >= 0.6 is 0 Å². The molecule has 1 amide bonds. The quantitative estimate of drug-likeness (QED) is 0.741. The van der Waals surface area contributed by atoms with E-state index in [0.717, 1.165) is 36.8 Å². The lowest BCUT2D eigenvalue weighted by atomic mass is 9.77. The summed E-state index contributed by atoms with van der Waals surface area (Å²) in [7, 11) is 1.33. The number of benzene rings is 2. The Balaban J connectivity index is 1.91.